The van der Waals surface area contributed by atoms with Crippen LogP contribution in [-0.4, -0.2) is 57.8 Å². The zero-order valence-electron chi connectivity index (χ0n) is 13.3. The van der Waals surface area contributed by atoms with Crippen LogP contribution in [0, 0.1) is 0 Å². The van der Waals surface area contributed by atoms with Crippen LogP contribution in [0.25, 0.3) is 5.69 Å². The Hall–Kier alpha value is -2.13. The molecule has 1 atom stereocenters. The van der Waals surface area contributed by atoms with Crippen molar-refractivity contribution in [2.45, 2.75) is 24.1 Å². The third-order valence-electron chi connectivity index (χ3n) is 3.61. The molecule has 2 aromatic heterocycles. The Morgan fingerprint density at radius 2 is 2.46 bits per heavy atom. The maximum atomic E-state index is 12.0. The molecule has 128 valence electrons. The van der Waals surface area contributed by atoms with E-state index in [0.717, 1.165) is 25.1 Å². The minimum atomic E-state index is -0.0436. The lowest BCUT2D eigenvalue weighted by molar-refractivity contribution is -0.119. The highest BCUT2D eigenvalue weighted by atomic mass is 32.2. The first kappa shape index (κ1) is 16.7. The van der Waals surface area contributed by atoms with E-state index >= 15 is 0 Å². The lowest BCUT2D eigenvalue weighted by Crippen LogP contribution is -2.32. The number of rotatable bonds is 7. The number of aromatic nitrogens is 4. The van der Waals surface area contributed by atoms with Crippen LogP contribution in [-0.2, 0) is 9.53 Å². The molecule has 0 saturated carbocycles. The molecule has 3 heterocycles. The highest BCUT2D eigenvalue weighted by molar-refractivity contribution is 7.99. The molecule has 1 N–H and O–H groups in total. The molecule has 1 fully saturated rings. The lowest BCUT2D eigenvalue weighted by atomic mass is 10.2. The van der Waals surface area contributed by atoms with Gasteiger partial charge in [0.15, 0.2) is 5.16 Å². The van der Waals surface area contributed by atoms with Gasteiger partial charge in [-0.3, -0.25) is 9.36 Å². The van der Waals surface area contributed by atoms with Gasteiger partial charge in [0.2, 0.25) is 11.8 Å². The van der Waals surface area contributed by atoms with Gasteiger partial charge in [-0.05, 0) is 18.9 Å². The summed E-state index contributed by atoms with van der Waals surface area (Å²) in [7, 11) is 1.57. The first-order valence-corrected chi connectivity index (χ1v) is 8.66. The summed E-state index contributed by atoms with van der Waals surface area (Å²) in [6, 6.07) is 3.62. The SMILES string of the molecule is COc1ccc(-n2cnnc2SCC(=O)NC[C@H]2CCCO2)cn1. The van der Waals surface area contributed by atoms with Gasteiger partial charge in [-0.1, -0.05) is 11.8 Å². The largest absolute Gasteiger partial charge is 0.481 e. The lowest BCUT2D eigenvalue weighted by Gasteiger charge is -2.10. The van der Waals surface area contributed by atoms with E-state index in [1.807, 2.05) is 6.07 Å². The Kier molecular flexibility index (Phi) is 5.65. The third kappa shape index (κ3) is 4.24. The number of hydrogen-bond donors (Lipinski definition) is 1. The van der Waals surface area contributed by atoms with Crippen molar-refractivity contribution in [1.82, 2.24) is 25.1 Å². The number of carbonyl (C=O) groups is 1. The van der Waals surface area contributed by atoms with Crippen molar-refractivity contribution in [3.05, 3.63) is 24.7 Å². The monoisotopic (exact) mass is 349 g/mol. The van der Waals surface area contributed by atoms with Crippen molar-refractivity contribution >= 4 is 17.7 Å². The van der Waals surface area contributed by atoms with Crippen molar-refractivity contribution in [3.8, 4) is 11.6 Å². The molecule has 8 nitrogen and oxygen atoms in total. The van der Waals surface area contributed by atoms with Crippen LogP contribution in [0.2, 0.25) is 0 Å². The normalized spacial score (nSPS) is 17.0. The fourth-order valence-electron chi connectivity index (χ4n) is 2.35. The molecule has 0 aromatic carbocycles. The minimum absolute atomic E-state index is 0.0436. The third-order valence-corrected chi connectivity index (χ3v) is 4.55. The highest BCUT2D eigenvalue weighted by Gasteiger charge is 2.16. The summed E-state index contributed by atoms with van der Waals surface area (Å²) in [5.41, 5.74) is 0.808. The van der Waals surface area contributed by atoms with Gasteiger partial charge in [-0.15, -0.1) is 10.2 Å². The van der Waals surface area contributed by atoms with Crippen LogP contribution in [0.3, 0.4) is 0 Å². The number of hydrogen-bond acceptors (Lipinski definition) is 7. The predicted octanol–water partition coefficient (Wildman–Crippen LogP) is 1.06. The van der Waals surface area contributed by atoms with Gasteiger partial charge in [0.25, 0.3) is 0 Å². The van der Waals surface area contributed by atoms with Crippen LogP contribution in [0.4, 0.5) is 0 Å². The molecule has 1 aliphatic heterocycles. The van der Waals surface area contributed by atoms with Gasteiger partial charge >= 0.3 is 0 Å². The topological polar surface area (TPSA) is 91.2 Å². The summed E-state index contributed by atoms with van der Waals surface area (Å²) in [4.78, 5) is 16.1. The van der Waals surface area contributed by atoms with E-state index in [1.54, 1.807) is 30.3 Å². The zero-order chi connectivity index (χ0) is 16.8. The average molecular weight is 349 g/mol. The molecule has 0 spiro atoms. The molecule has 1 aliphatic rings. The van der Waals surface area contributed by atoms with Crippen LogP contribution in [0.1, 0.15) is 12.8 Å². The number of nitrogens with one attached hydrogen (secondary N) is 1. The second-order valence-electron chi connectivity index (χ2n) is 5.27. The van der Waals surface area contributed by atoms with Crippen molar-refractivity contribution in [2.75, 3.05) is 26.0 Å². The molecule has 0 unspecified atom stereocenters. The Bertz CT molecular complexity index is 670. The molecule has 1 amide bonds. The number of thioether (sulfide) groups is 1. The quantitative estimate of drug-likeness (QED) is 0.747. The van der Waals surface area contributed by atoms with Crippen molar-refractivity contribution < 1.29 is 14.3 Å². The van der Waals surface area contributed by atoms with Crippen molar-refractivity contribution in [1.29, 1.82) is 0 Å². The number of carbonyl (C=O) groups excluding carboxylic acids is 1. The summed E-state index contributed by atoms with van der Waals surface area (Å²) in [6.07, 6.45) is 5.48. The van der Waals surface area contributed by atoms with Crippen LogP contribution < -0.4 is 10.1 Å². The van der Waals surface area contributed by atoms with Crippen molar-refractivity contribution in [2.24, 2.45) is 0 Å². The molecule has 1 saturated heterocycles. The molecular formula is C15H19N5O3S. The average Bonchev–Trinajstić information content (AvgIpc) is 3.29. The first-order chi connectivity index (χ1) is 11.8. The van der Waals surface area contributed by atoms with E-state index in [2.05, 4.69) is 20.5 Å². The summed E-state index contributed by atoms with van der Waals surface area (Å²) >= 11 is 1.33. The van der Waals surface area contributed by atoms with Crippen LogP contribution >= 0.6 is 11.8 Å². The smallest absolute Gasteiger partial charge is 0.230 e. The number of amides is 1. The van der Waals surface area contributed by atoms with E-state index in [9.17, 15) is 4.79 Å². The first-order valence-electron chi connectivity index (χ1n) is 7.68. The van der Waals surface area contributed by atoms with E-state index in [0.29, 0.717) is 17.6 Å². The summed E-state index contributed by atoms with van der Waals surface area (Å²) in [5, 5.41) is 11.5. The molecule has 24 heavy (non-hydrogen) atoms. The van der Waals surface area contributed by atoms with Crippen LogP contribution in [0.5, 0.6) is 5.88 Å². The highest BCUT2D eigenvalue weighted by Crippen LogP contribution is 2.20. The molecule has 0 radical (unpaired) electrons. The number of nitrogens with zero attached hydrogens (tertiary/aromatic N) is 4. The van der Waals surface area contributed by atoms with Gasteiger partial charge in [0.1, 0.15) is 6.33 Å². The van der Waals surface area contributed by atoms with Gasteiger partial charge in [0.05, 0.1) is 30.9 Å². The molecular weight excluding hydrogens is 330 g/mol. The van der Waals surface area contributed by atoms with E-state index in [4.69, 9.17) is 9.47 Å². The van der Waals surface area contributed by atoms with Gasteiger partial charge in [-0.25, -0.2) is 4.98 Å². The standard InChI is InChI=1S/C15H19N5O3S/c1-22-14-5-4-11(7-17-14)20-10-18-19-15(20)24-9-13(21)16-8-12-3-2-6-23-12/h4-5,7,10,12H,2-3,6,8-9H2,1H3,(H,16,21)/t12-/m1/s1. The Balaban J connectivity index is 1.53. The van der Waals surface area contributed by atoms with E-state index in [1.165, 1.54) is 11.8 Å². The fourth-order valence-corrected chi connectivity index (χ4v) is 3.11. The number of pyridine rings is 1. The minimum Gasteiger partial charge on any atom is -0.481 e. The molecule has 3 rings (SSSR count). The van der Waals surface area contributed by atoms with E-state index < -0.39 is 0 Å². The number of methoxy groups -OCH3 is 1. The maximum absolute atomic E-state index is 12.0. The second-order valence-corrected chi connectivity index (χ2v) is 6.21. The molecule has 2 aromatic rings. The molecule has 0 bridgehead atoms. The maximum Gasteiger partial charge on any atom is 0.230 e. The summed E-state index contributed by atoms with van der Waals surface area (Å²) in [5.74, 6) is 0.766. The van der Waals surface area contributed by atoms with Crippen LogP contribution in [0.15, 0.2) is 29.8 Å². The van der Waals surface area contributed by atoms with E-state index in [-0.39, 0.29) is 17.8 Å². The Morgan fingerprint density at radius 1 is 1.54 bits per heavy atom. The predicted molar refractivity (Wildman–Crippen MR) is 88.4 cm³/mol. The zero-order valence-corrected chi connectivity index (χ0v) is 14.2. The summed E-state index contributed by atoms with van der Waals surface area (Å²) < 4.78 is 12.3. The van der Waals surface area contributed by atoms with Gasteiger partial charge in [-0.2, -0.15) is 0 Å². The summed E-state index contributed by atoms with van der Waals surface area (Å²) in [6.45, 7) is 1.35. The fraction of sp³-hybridized carbons (Fsp3) is 0.467. The second kappa shape index (κ2) is 8.11. The molecule has 0 aliphatic carbocycles. The van der Waals surface area contributed by atoms with Gasteiger partial charge in [0, 0.05) is 19.2 Å². The molecule has 9 heteroatoms. The Morgan fingerprint density at radius 3 is 3.17 bits per heavy atom. The number of ether oxygens (including phenoxy) is 2. The Labute approximate surface area is 144 Å². The van der Waals surface area contributed by atoms with Crippen molar-refractivity contribution in [3.63, 3.8) is 0 Å². The van der Waals surface area contributed by atoms with Gasteiger partial charge < -0.3 is 14.8 Å².